The van der Waals surface area contributed by atoms with Crippen LogP contribution in [0.25, 0.3) is 0 Å². The zero-order valence-corrected chi connectivity index (χ0v) is 9.67. The molecule has 5 nitrogen and oxygen atoms in total. The van der Waals surface area contributed by atoms with Crippen molar-refractivity contribution < 1.29 is 4.79 Å². The molecule has 90 valence electrons. The van der Waals surface area contributed by atoms with Crippen molar-refractivity contribution in [2.24, 2.45) is 0 Å². The van der Waals surface area contributed by atoms with Crippen molar-refractivity contribution in [1.29, 1.82) is 0 Å². The van der Waals surface area contributed by atoms with E-state index < -0.39 is 0 Å². The van der Waals surface area contributed by atoms with E-state index in [0.29, 0.717) is 0 Å². The van der Waals surface area contributed by atoms with Crippen LogP contribution in [0, 0.1) is 0 Å². The number of hydrogen-bond donors (Lipinski definition) is 1. The SMILES string of the molecule is C=CC(=O)N[C@H]1CCCN(c2ncccn2)C1. The second-order valence-electron chi connectivity index (χ2n) is 4.05. The van der Waals surface area contributed by atoms with Gasteiger partial charge in [0.05, 0.1) is 0 Å². The fraction of sp³-hybridized carbons (Fsp3) is 0.417. The molecule has 0 aliphatic carbocycles. The first-order valence-electron chi connectivity index (χ1n) is 5.74. The summed E-state index contributed by atoms with van der Waals surface area (Å²) in [7, 11) is 0. The van der Waals surface area contributed by atoms with Crippen LogP contribution in [0.2, 0.25) is 0 Å². The second-order valence-corrected chi connectivity index (χ2v) is 4.05. The lowest BCUT2D eigenvalue weighted by molar-refractivity contribution is -0.117. The average Bonchev–Trinajstić information content (AvgIpc) is 2.40. The van der Waals surface area contributed by atoms with E-state index in [2.05, 4.69) is 26.8 Å². The van der Waals surface area contributed by atoms with Gasteiger partial charge >= 0.3 is 0 Å². The van der Waals surface area contributed by atoms with Crippen molar-refractivity contribution in [1.82, 2.24) is 15.3 Å². The fourth-order valence-electron chi connectivity index (χ4n) is 1.99. The van der Waals surface area contributed by atoms with Crippen molar-refractivity contribution in [3.05, 3.63) is 31.1 Å². The summed E-state index contributed by atoms with van der Waals surface area (Å²) >= 11 is 0. The number of piperidine rings is 1. The first-order valence-corrected chi connectivity index (χ1v) is 5.74. The minimum absolute atomic E-state index is 0.120. The first-order chi connectivity index (χ1) is 8.29. The molecule has 0 bridgehead atoms. The van der Waals surface area contributed by atoms with Crippen molar-refractivity contribution in [3.63, 3.8) is 0 Å². The van der Waals surface area contributed by atoms with Crippen LogP contribution >= 0.6 is 0 Å². The minimum Gasteiger partial charge on any atom is -0.348 e. The Bertz CT molecular complexity index is 393. The van der Waals surface area contributed by atoms with Gasteiger partial charge in [-0.25, -0.2) is 9.97 Å². The Morgan fingerprint density at radius 3 is 3.00 bits per heavy atom. The third-order valence-corrected chi connectivity index (χ3v) is 2.79. The summed E-state index contributed by atoms with van der Waals surface area (Å²) in [5.74, 6) is 0.607. The van der Waals surface area contributed by atoms with Crippen LogP contribution in [0.4, 0.5) is 5.95 Å². The number of nitrogens with one attached hydrogen (secondary N) is 1. The summed E-state index contributed by atoms with van der Waals surface area (Å²) in [6, 6.07) is 1.95. The number of amides is 1. The molecule has 2 heterocycles. The molecule has 0 saturated carbocycles. The molecule has 1 N–H and O–H groups in total. The second kappa shape index (κ2) is 5.43. The Morgan fingerprint density at radius 1 is 1.53 bits per heavy atom. The zero-order valence-electron chi connectivity index (χ0n) is 9.67. The lowest BCUT2D eigenvalue weighted by atomic mass is 10.1. The molecule has 1 atom stereocenters. The van der Waals surface area contributed by atoms with Gasteiger partial charge in [0, 0.05) is 31.5 Å². The van der Waals surface area contributed by atoms with Gasteiger partial charge in [0.15, 0.2) is 0 Å². The molecule has 1 saturated heterocycles. The van der Waals surface area contributed by atoms with E-state index in [9.17, 15) is 4.79 Å². The maximum Gasteiger partial charge on any atom is 0.243 e. The van der Waals surface area contributed by atoms with Gasteiger partial charge in [-0.05, 0) is 25.0 Å². The van der Waals surface area contributed by atoms with E-state index in [1.165, 1.54) is 6.08 Å². The maximum atomic E-state index is 11.2. The van der Waals surface area contributed by atoms with Crippen LogP contribution < -0.4 is 10.2 Å². The third kappa shape index (κ3) is 3.03. The Balaban J connectivity index is 1.97. The van der Waals surface area contributed by atoms with E-state index in [-0.39, 0.29) is 11.9 Å². The zero-order chi connectivity index (χ0) is 12.1. The fourth-order valence-corrected chi connectivity index (χ4v) is 1.99. The summed E-state index contributed by atoms with van der Waals surface area (Å²) in [4.78, 5) is 21.8. The van der Waals surface area contributed by atoms with Gasteiger partial charge < -0.3 is 10.2 Å². The van der Waals surface area contributed by atoms with Crippen molar-refractivity contribution in [2.45, 2.75) is 18.9 Å². The van der Waals surface area contributed by atoms with E-state index in [1.807, 2.05) is 0 Å². The highest BCUT2D eigenvalue weighted by Crippen LogP contribution is 2.15. The summed E-state index contributed by atoms with van der Waals surface area (Å²) in [6.45, 7) is 5.14. The Morgan fingerprint density at radius 2 is 2.29 bits per heavy atom. The predicted octanol–water partition coefficient (Wildman–Crippen LogP) is 0.748. The number of carbonyl (C=O) groups is 1. The number of carbonyl (C=O) groups excluding carboxylic acids is 1. The summed E-state index contributed by atoms with van der Waals surface area (Å²) in [5.41, 5.74) is 0. The molecule has 1 amide bonds. The number of anilines is 1. The molecule has 0 radical (unpaired) electrons. The predicted molar refractivity (Wildman–Crippen MR) is 65.6 cm³/mol. The molecular weight excluding hydrogens is 216 g/mol. The van der Waals surface area contributed by atoms with Crippen molar-refractivity contribution in [2.75, 3.05) is 18.0 Å². The van der Waals surface area contributed by atoms with E-state index in [4.69, 9.17) is 0 Å². The van der Waals surface area contributed by atoms with E-state index in [1.54, 1.807) is 18.5 Å². The molecule has 0 spiro atoms. The molecular formula is C12H16N4O. The van der Waals surface area contributed by atoms with Crippen LogP contribution in [0.5, 0.6) is 0 Å². The Kier molecular flexibility index (Phi) is 3.69. The highest BCUT2D eigenvalue weighted by molar-refractivity contribution is 5.87. The van der Waals surface area contributed by atoms with Crippen molar-refractivity contribution >= 4 is 11.9 Å². The van der Waals surface area contributed by atoms with Gasteiger partial charge in [0.1, 0.15) is 0 Å². The Hall–Kier alpha value is -1.91. The largest absolute Gasteiger partial charge is 0.348 e. The lowest BCUT2D eigenvalue weighted by Gasteiger charge is -2.32. The van der Waals surface area contributed by atoms with Crippen LogP contribution in [-0.2, 0) is 4.79 Å². The smallest absolute Gasteiger partial charge is 0.243 e. The summed E-state index contributed by atoms with van der Waals surface area (Å²) < 4.78 is 0. The quantitative estimate of drug-likeness (QED) is 0.781. The number of hydrogen-bond acceptors (Lipinski definition) is 4. The van der Waals surface area contributed by atoms with Gasteiger partial charge in [-0.3, -0.25) is 4.79 Å². The van der Waals surface area contributed by atoms with Gasteiger partial charge in [-0.2, -0.15) is 0 Å². The number of rotatable bonds is 3. The lowest BCUT2D eigenvalue weighted by Crippen LogP contribution is -2.47. The first kappa shape index (κ1) is 11.6. The van der Waals surface area contributed by atoms with E-state index in [0.717, 1.165) is 31.9 Å². The molecule has 1 aliphatic heterocycles. The van der Waals surface area contributed by atoms with Crippen LogP contribution in [-0.4, -0.2) is 35.0 Å². The molecule has 0 aromatic carbocycles. The van der Waals surface area contributed by atoms with Gasteiger partial charge in [-0.1, -0.05) is 6.58 Å². The highest BCUT2D eigenvalue weighted by Gasteiger charge is 2.22. The topological polar surface area (TPSA) is 58.1 Å². The molecule has 1 aromatic rings. The monoisotopic (exact) mass is 232 g/mol. The van der Waals surface area contributed by atoms with Gasteiger partial charge in [0.25, 0.3) is 0 Å². The molecule has 1 aromatic heterocycles. The molecule has 2 rings (SSSR count). The number of nitrogens with zero attached hydrogens (tertiary/aromatic N) is 3. The molecule has 1 aliphatic rings. The molecule has 1 fully saturated rings. The standard InChI is InChI=1S/C12H16N4O/c1-2-11(17)15-10-5-3-8-16(9-10)12-13-6-4-7-14-12/h2,4,6-7,10H,1,3,5,8-9H2,(H,15,17)/t10-/m0/s1. The highest BCUT2D eigenvalue weighted by atomic mass is 16.1. The minimum atomic E-state index is -0.120. The van der Waals surface area contributed by atoms with Crippen LogP contribution in [0.1, 0.15) is 12.8 Å². The summed E-state index contributed by atoms with van der Waals surface area (Å²) in [5, 5.41) is 2.91. The maximum absolute atomic E-state index is 11.2. The molecule has 5 heteroatoms. The van der Waals surface area contributed by atoms with Crippen LogP contribution in [0.15, 0.2) is 31.1 Å². The molecule has 17 heavy (non-hydrogen) atoms. The molecule has 0 unspecified atom stereocenters. The van der Waals surface area contributed by atoms with E-state index >= 15 is 0 Å². The third-order valence-electron chi connectivity index (χ3n) is 2.79. The normalized spacial score (nSPS) is 19.8. The number of aromatic nitrogens is 2. The van der Waals surface area contributed by atoms with Crippen LogP contribution in [0.3, 0.4) is 0 Å². The van der Waals surface area contributed by atoms with Gasteiger partial charge in [-0.15, -0.1) is 0 Å². The van der Waals surface area contributed by atoms with Gasteiger partial charge in [0.2, 0.25) is 11.9 Å². The van der Waals surface area contributed by atoms with Crippen molar-refractivity contribution in [3.8, 4) is 0 Å². The summed E-state index contributed by atoms with van der Waals surface area (Å²) in [6.07, 6.45) is 6.78. The Labute approximate surface area is 101 Å². The average molecular weight is 232 g/mol.